The Morgan fingerprint density at radius 1 is 1.33 bits per heavy atom. The van der Waals surface area contributed by atoms with E-state index < -0.39 is 0 Å². The molecule has 0 spiro atoms. The number of anilines is 1. The highest BCUT2D eigenvalue weighted by Gasteiger charge is 2.17. The molecule has 0 saturated heterocycles. The van der Waals surface area contributed by atoms with Crippen LogP contribution in [0.25, 0.3) is 5.69 Å². The van der Waals surface area contributed by atoms with Crippen molar-refractivity contribution >= 4 is 47.5 Å². The highest BCUT2D eigenvalue weighted by atomic mass is 127. The van der Waals surface area contributed by atoms with Gasteiger partial charge < -0.3 is 16.4 Å². The summed E-state index contributed by atoms with van der Waals surface area (Å²) in [5, 5.41) is 20.5. The van der Waals surface area contributed by atoms with Gasteiger partial charge in [0.25, 0.3) is 0 Å². The molecule has 0 fully saturated rings. The van der Waals surface area contributed by atoms with E-state index >= 15 is 0 Å². The predicted octanol–water partition coefficient (Wildman–Crippen LogP) is 3.32. The average molecular weight is 545 g/mol. The number of aryl methyl sites for hydroxylation is 1. The number of nitrogens with two attached hydrogens (primary N) is 1. The van der Waals surface area contributed by atoms with E-state index in [2.05, 4.69) is 46.9 Å². The first-order chi connectivity index (χ1) is 13.8. The lowest BCUT2D eigenvalue weighted by Gasteiger charge is -2.23. The average Bonchev–Trinajstić information content (AvgIpc) is 3.03. The van der Waals surface area contributed by atoms with Gasteiger partial charge in [-0.1, -0.05) is 0 Å². The van der Waals surface area contributed by atoms with Crippen LogP contribution in [0.2, 0.25) is 0 Å². The van der Waals surface area contributed by atoms with E-state index in [9.17, 15) is 9.65 Å². The molecule has 0 unspecified atom stereocenters. The van der Waals surface area contributed by atoms with Crippen molar-refractivity contribution in [1.82, 2.24) is 20.4 Å². The zero-order valence-corrected chi connectivity index (χ0v) is 20.8. The second-order valence-electron chi connectivity index (χ2n) is 7.13. The molecule has 10 heteroatoms. The number of aliphatic imine (C=N–C) groups is 1. The third-order valence-electron chi connectivity index (χ3n) is 4.52. The van der Waals surface area contributed by atoms with Gasteiger partial charge in [-0.2, -0.15) is 22.1 Å². The Hall–Kier alpha value is -2.00. The fraction of sp³-hybridized carbons (Fsp3) is 0.450. The standard InChI is InChI=1S/C20H28FN7S.HI/c1-20(2,29-4)13-26-19(24-3)25-11-5-6-17-16(12-22)18(23)28(27-17)15-9-7-14(21)8-10-15;/h7-10H,5-6,11,13,23H2,1-4H3,(H2,24,25,26);1H. The molecule has 0 radical (unpaired) electrons. The van der Waals surface area contributed by atoms with Crippen molar-refractivity contribution in [1.29, 1.82) is 5.26 Å². The van der Waals surface area contributed by atoms with E-state index in [1.54, 1.807) is 30.9 Å². The van der Waals surface area contributed by atoms with Crippen LogP contribution >= 0.6 is 35.7 Å². The van der Waals surface area contributed by atoms with E-state index in [1.165, 1.54) is 16.8 Å². The number of thioether (sulfide) groups is 1. The van der Waals surface area contributed by atoms with Crippen molar-refractivity contribution in [3.05, 3.63) is 41.3 Å². The van der Waals surface area contributed by atoms with Gasteiger partial charge in [0.2, 0.25) is 0 Å². The maximum absolute atomic E-state index is 13.2. The summed E-state index contributed by atoms with van der Waals surface area (Å²) in [5.41, 5.74) is 7.69. The van der Waals surface area contributed by atoms with E-state index in [0.717, 1.165) is 18.9 Å². The highest BCUT2D eigenvalue weighted by molar-refractivity contribution is 14.0. The van der Waals surface area contributed by atoms with Gasteiger partial charge in [0.15, 0.2) is 5.96 Å². The van der Waals surface area contributed by atoms with Crippen molar-refractivity contribution in [3.63, 3.8) is 0 Å². The smallest absolute Gasteiger partial charge is 0.191 e. The van der Waals surface area contributed by atoms with E-state index in [0.29, 0.717) is 29.9 Å². The van der Waals surface area contributed by atoms with Gasteiger partial charge in [0.05, 0.1) is 11.4 Å². The normalized spacial score (nSPS) is 11.5. The predicted molar refractivity (Wildman–Crippen MR) is 133 cm³/mol. The molecule has 7 nitrogen and oxygen atoms in total. The molecule has 0 amide bonds. The van der Waals surface area contributed by atoms with Crippen LogP contribution in [0.15, 0.2) is 29.3 Å². The van der Waals surface area contributed by atoms with E-state index in [4.69, 9.17) is 5.73 Å². The Bertz CT molecular complexity index is 888. The molecule has 0 aliphatic carbocycles. The van der Waals surface area contributed by atoms with Gasteiger partial charge in [-0.15, -0.1) is 24.0 Å². The molecule has 164 valence electrons. The largest absolute Gasteiger partial charge is 0.382 e. The van der Waals surface area contributed by atoms with Crippen molar-refractivity contribution in [2.75, 3.05) is 32.1 Å². The summed E-state index contributed by atoms with van der Waals surface area (Å²) in [7, 11) is 1.74. The molecular formula is C20H29FIN7S. The SMILES string of the molecule is CN=C(NCCCc1nn(-c2ccc(F)cc2)c(N)c1C#N)NCC(C)(C)SC.I. The first kappa shape index (κ1) is 26.0. The molecule has 0 atom stereocenters. The molecule has 30 heavy (non-hydrogen) atoms. The Balaban J connectivity index is 0.00000450. The number of nitrogens with zero attached hydrogens (tertiary/aromatic N) is 4. The van der Waals surface area contributed by atoms with Crippen LogP contribution in [-0.2, 0) is 6.42 Å². The molecule has 2 rings (SSSR count). The number of aromatic nitrogens is 2. The van der Waals surface area contributed by atoms with E-state index in [-0.39, 0.29) is 40.4 Å². The van der Waals surface area contributed by atoms with Crippen molar-refractivity contribution < 1.29 is 4.39 Å². The minimum Gasteiger partial charge on any atom is -0.382 e. The number of hydrogen-bond donors (Lipinski definition) is 3. The summed E-state index contributed by atoms with van der Waals surface area (Å²) < 4.78 is 14.8. The number of halogens is 2. The number of nitriles is 1. The maximum Gasteiger partial charge on any atom is 0.191 e. The Kier molecular flexibility index (Phi) is 10.4. The molecule has 2 aromatic rings. The third kappa shape index (κ3) is 7.05. The van der Waals surface area contributed by atoms with Crippen LogP contribution in [0.1, 0.15) is 31.5 Å². The Morgan fingerprint density at radius 3 is 2.57 bits per heavy atom. The summed E-state index contributed by atoms with van der Waals surface area (Å²) in [4.78, 5) is 4.23. The van der Waals surface area contributed by atoms with Crippen molar-refractivity contribution in [3.8, 4) is 11.8 Å². The Labute approximate surface area is 198 Å². The molecule has 0 saturated carbocycles. The van der Waals surface area contributed by atoms with Crippen LogP contribution in [0, 0.1) is 17.1 Å². The van der Waals surface area contributed by atoms with Gasteiger partial charge in [0, 0.05) is 24.9 Å². The first-order valence-electron chi connectivity index (χ1n) is 9.34. The number of rotatable bonds is 8. The number of guanidine groups is 1. The second kappa shape index (κ2) is 12.0. The number of nitrogens with one attached hydrogen (secondary N) is 2. The summed E-state index contributed by atoms with van der Waals surface area (Å²) in [6, 6.07) is 7.96. The van der Waals surface area contributed by atoms with Crippen LogP contribution in [0.4, 0.5) is 10.2 Å². The number of benzene rings is 1. The molecule has 0 aliphatic rings. The molecular weight excluding hydrogens is 516 g/mol. The summed E-state index contributed by atoms with van der Waals surface area (Å²) in [6.07, 6.45) is 3.42. The Morgan fingerprint density at radius 2 is 2.00 bits per heavy atom. The van der Waals surface area contributed by atoms with Gasteiger partial charge in [-0.05, 0) is 57.2 Å². The topological polar surface area (TPSA) is 104 Å². The molecule has 1 heterocycles. The minimum absolute atomic E-state index is 0. The lowest BCUT2D eigenvalue weighted by Crippen LogP contribution is -2.43. The molecule has 4 N–H and O–H groups in total. The zero-order valence-electron chi connectivity index (χ0n) is 17.7. The quantitative estimate of drug-likeness (QED) is 0.204. The number of hydrogen-bond acceptors (Lipinski definition) is 5. The second-order valence-corrected chi connectivity index (χ2v) is 8.64. The van der Waals surface area contributed by atoms with Crippen LogP contribution in [-0.4, -0.2) is 46.9 Å². The fourth-order valence-electron chi connectivity index (χ4n) is 2.61. The van der Waals surface area contributed by atoms with Gasteiger partial charge >= 0.3 is 0 Å². The van der Waals surface area contributed by atoms with Crippen LogP contribution < -0.4 is 16.4 Å². The monoisotopic (exact) mass is 545 g/mol. The third-order valence-corrected chi connectivity index (χ3v) is 5.77. The fourth-order valence-corrected chi connectivity index (χ4v) is 2.82. The molecule has 0 aliphatic heterocycles. The van der Waals surface area contributed by atoms with Gasteiger partial charge in [0.1, 0.15) is 23.3 Å². The maximum atomic E-state index is 13.2. The summed E-state index contributed by atoms with van der Waals surface area (Å²) >= 11 is 1.79. The van der Waals surface area contributed by atoms with Crippen molar-refractivity contribution in [2.45, 2.75) is 31.4 Å². The zero-order chi connectivity index (χ0) is 21.4. The molecule has 1 aromatic carbocycles. The van der Waals surface area contributed by atoms with Crippen LogP contribution in [0.3, 0.4) is 0 Å². The highest BCUT2D eigenvalue weighted by Crippen LogP contribution is 2.22. The summed E-state index contributed by atoms with van der Waals surface area (Å²) in [6.45, 7) is 5.81. The van der Waals surface area contributed by atoms with Gasteiger partial charge in [-0.25, -0.2) is 9.07 Å². The lowest BCUT2D eigenvalue weighted by atomic mass is 10.1. The number of nitrogen functional groups attached to an aromatic ring is 1. The van der Waals surface area contributed by atoms with E-state index in [1.807, 2.05) is 0 Å². The lowest BCUT2D eigenvalue weighted by molar-refractivity contribution is 0.627. The molecule has 1 aromatic heterocycles. The van der Waals surface area contributed by atoms with Crippen LogP contribution in [0.5, 0.6) is 0 Å². The molecule has 0 bridgehead atoms. The summed E-state index contributed by atoms with van der Waals surface area (Å²) in [5.74, 6) is 0.664. The van der Waals surface area contributed by atoms with Gasteiger partial charge in [-0.3, -0.25) is 4.99 Å². The van der Waals surface area contributed by atoms with Crippen molar-refractivity contribution in [2.24, 2.45) is 4.99 Å². The first-order valence-corrected chi connectivity index (χ1v) is 10.6. The minimum atomic E-state index is -0.339.